The first-order chi connectivity index (χ1) is 24.5. The number of esters is 2. The first-order valence-corrected chi connectivity index (χ1v) is 15.2. The van der Waals surface area contributed by atoms with Crippen LogP contribution in [-0.4, -0.2) is 76.9 Å². The summed E-state index contributed by atoms with van der Waals surface area (Å²) in [5.74, 6) is -15.1. The van der Waals surface area contributed by atoms with Crippen molar-refractivity contribution in [2.45, 2.75) is 31.0 Å². The van der Waals surface area contributed by atoms with Crippen molar-refractivity contribution in [3.05, 3.63) is 100 Å². The molecule has 1 aliphatic carbocycles. The molecule has 270 valence electrons. The molecule has 0 fully saturated rings. The molecule has 0 aromatic heterocycles. The van der Waals surface area contributed by atoms with Crippen molar-refractivity contribution in [3.63, 3.8) is 0 Å². The minimum absolute atomic E-state index is 0.0170. The highest BCUT2D eigenvalue weighted by atomic mass is 16.6. The van der Waals surface area contributed by atoms with E-state index in [0.717, 1.165) is 54.6 Å². The number of fused-ring (bicyclic) bond motifs is 1. The van der Waals surface area contributed by atoms with Gasteiger partial charge in [0.2, 0.25) is 0 Å². The number of carboxylic acid groups (broad SMARTS) is 2. The molecule has 4 aromatic rings. The predicted molar refractivity (Wildman–Crippen MR) is 170 cm³/mol. The van der Waals surface area contributed by atoms with E-state index in [1.54, 1.807) is 0 Å². The number of rotatable bonds is 11. The van der Waals surface area contributed by atoms with Crippen LogP contribution in [0, 0.1) is 5.92 Å². The fraction of sp³-hybridized carbons (Fsp3) is 0.167. The Morgan fingerprint density at radius 3 is 1.54 bits per heavy atom. The van der Waals surface area contributed by atoms with E-state index in [0.29, 0.717) is 0 Å². The molecule has 0 spiro atoms. The molecule has 4 aromatic carbocycles. The number of ether oxygens (including phenoxy) is 2. The lowest BCUT2D eigenvalue weighted by atomic mass is 9.71. The first kappa shape index (κ1) is 36.2. The summed E-state index contributed by atoms with van der Waals surface area (Å²) in [5, 5.41) is 104. The molecular formula is C36H28O16-2. The number of carboxylic acids is 2. The van der Waals surface area contributed by atoms with Gasteiger partial charge in [-0.3, -0.25) is 4.79 Å². The average Bonchev–Trinajstić information content (AvgIpc) is 3.08. The SMILES string of the molecule is O=C(O[C@H](Cc1ccc(O)c(O)c1)C(=O)[O-])C1=Cc2cc(O)c(O)cc2[C@@H](c2ccc(O)c(O)c2)[C@@H]1C(=O)O[C@H](Cc1ccc(O)c(O)c1)C(=O)[O-]. The monoisotopic (exact) mass is 716 g/mol. The van der Waals surface area contributed by atoms with Crippen LogP contribution < -0.4 is 10.2 Å². The van der Waals surface area contributed by atoms with Gasteiger partial charge in [0, 0.05) is 18.8 Å². The second kappa shape index (κ2) is 14.4. The molecule has 52 heavy (non-hydrogen) atoms. The molecule has 8 N–H and O–H groups in total. The number of aromatic hydroxyl groups is 8. The fourth-order valence-electron chi connectivity index (χ4n) is 5.75. The Hall–Kier alpha value is -7.10. The van der Waals surface area contributed by atoms with E-state index in [1.165, 1.54) is 18.2 Å². The number of hydrogen-bond donors (Lipinski definition) is 8. The van der Waals surface area contributed by atoms with Gasteiger partial charge in [-0.1, -0.05) is 18.2 Å². The molecule has 5 rings (SSSR count). The van der Waals surface area contributed by atoms with Crippen LogP contribution in [0.5, 0.6) is 46.0 Å². The van der Waals surface area contributed by atoms with Crippen LogP contribution in [0.4, 0.5) is 0 Å². The topological polar surface area (TPSA) is 295 Å². The summed E-state index contributed by atoms with van der Waals surface area (Å²) in [6.07, 6.45) is -4.37. The van der Waals surface area contributed by atoms with Crippen LogP contribution in [0.25, 0.3) is 6.08 Å². The molecular weight excluding hydrogens is 688 g/mol. The Kier molecular flexibility index (Phi) is 10.0. The minimum atomic E-state index is -2.09. The molecule has 0 saturated heterocycles. The van der Waals surface area contributed by atoms with Crippen molar-refractivity contribution in [2.75, 3.05) is 0 Å². The molecule has 0 bridgehead atoms. The highest BCUT2D eigenvalue weighted by Gasteiger charge is 2.44. The van der Waals surface area contributed by atoms with Gasteiger partial charge in [0.05, 0.1) is 23.4 Å². The van der Waals surface area contributed by atoms with Crippen molar-refractivity contribution < 1.29 is 79.7 Å². The maximum absolute atomic E-state index is 14.2. The number of hydrogen-bond acceptors (Lipinski definition) is 16. The van der Waals surface area contributed by atoms with Gasteiger partial charge in [-0.05, 0) is 82.4 Å². The molecule has 16 nitrogen and oxygen atoms in total. The summed E-state index contributed by atoms with van der Waals surface area (Å²) >= 11 is 0. The Morgan fingerprint density at radius 1 is 0.577 bits per heavy atom. The Morgan fingerprint density at radius 2 is 1.04 bits per heavy atom. The van der Waals surface area contributed by atoms with Crippen LogP contribution in [0.3, 0.4) is 0 Å². The van der Waals surface area contributed by atoms with Gasteiger partial charge >= 0.3 is 11.9 Å². The third kappa shape index (κ3) is 7.55. The van der Waals surface area contributed by atoms with Crippen LogP contribution in [-0.2, 0) is 41.5 Å². The number of phenolic OH excluding ortho intramolecular Hbond substituents is 8. The second-order valence-electron chi connectivity index (χ2n) is 11.8. The van der Waals surface area contributed by atoms with Crippen LogP contribution >= 0.6 is 0 Å². The lowest BCUT2D eigenvalue weighted by Gasteiger charge is -2.34. The van der Waals surface area contributed by atoms with Crippen LogP contribution in [0.2, 0.25) is 0 Å². The molecule has 1 aliphatic rings. The van der Waals surface area contributed by atoms with E-state index in [2.05, 4.69) is 0 Å². The van der Waals surface area contributed by atoms with Crippen molar-refractivity contribution >= 4 is 30.0 Å². The standard InChI is InChI=1S/C36H30O16/c37-21-4-1-15(7-24(21)40)9-29(33(45)46)51-35(49)20-11-18-13-27(43)28(44)14-19(18)31(17-3-6-23(39)26(42)12-17)32(20)36(50)52-30(34(47)48)10-16-2-5-22(38)25(41)8-16/h1-8,11-14,29-32,37-44H,9-10H2,(H,45,46)(H,47,48)/p-2/t29-,30-,31-,32-/m1/s1. The van der Waals surface area contributed by atoms with E-state index in [-0.39, 0.29) is 27.8 Å². The van der Waals surface area contributed by atoms with Crippen molar-refractivity contribution in [2.24, 2.45) is 5.92 Å². The van der Waals surface area contributed by atoms with Crippen molar-refractivity contribution in [1.29, 1.82) is 0 Å². The smallest absolute Gasteiger partial charge is 0.335 e. The first-order valence-electron chi connectivity index (χ1n) is 15.2. The van der Waals surface area contributed by atoms with Gasteiger partial charge in [-0.25, -0.2) is 4.79 Å². The highest BCUT2D eigenvalue weighted by Crippen LogP contribution is 2.48. The Labute approximate surface area is 292 Å². The second-order valence-corrected chi connectivity index (χ2v) is 11.8. The summed E-state index contributed by atoms with van der Waals surface area (Å²) in [6, 6.07) is 11.8. The Balaban J connectivity index is 1.61. The van der Waals surface area contributed by atoms with Gasteiger partial charge in [-0.15, -0.1) is 0 Å². The van der Waals surface area contributed by atoms with Gasteiger partial charge in [0.15, 0.2) is 46.0 Å². The van der Waals surface area contributed by atoms with Crippen molar-refractivity contribution in [3.8, 4) is 46.0 Å². The third-order valence-electron chi connectivity index (χ3n) is 8.30. The number of benzene rings is 4. The largest absolute Gasteiger partial charge is 0.546 e. The van der Waals surface area contributed by atoms with Gasteiger partial charge in [0.25, 0.3) is 0 Å². The van der Waals surface area contributed by atoms with E-state index in [1.807, 2.05) is 0 Å². The lowest BCUT2D eigenvalue weighted by molar-refractivity contribution is -0.316. The lowest BCUT2D eigenvalue weighted by Crippen LogP contribution is -2.44. The maximum Gasteiger partial charge on any atom is 0.335 e. The summed E-state index contributed by atoms with van der Waals surface area (Å²) in [7, 11) is 0. The zero-order valence-electron chi connectivity index (χ0n) is 26.5. The van der Waals surface area contributed by atoms with Gasteiger partial charge in [0.1, 0.15) is 12.2 Å². The van der Waals surface area contributed by atoms with Gasteiger partial charge in [-0.2, -0.15) is 0 Å². The molecule has 16 heteroatoms. The van der Waals surface area contributed by atoms with Crippen LogP contribution in [0.15, 0.2) is 72.3 Å². The predicted octanol–water partition coefficient (Wildman–Crippen LogP) is 0.285. The van der Waals surface area contributed by atoms with E-state index < -0.39 is 112 Å². The minimum Gasteiger partial charge on any atom is -0.546 e. The molecule has 0 amide bonds. The van der Waals surface area contributed by atoms with Gasteiger partial charge < -0.3 is 70.1 Å². The molecule has 0 aliphatic heterocycles. The van der Waals surface area contributed by atoms with Crippen molar-refractivity contribution in [1.82, 2.24) is 0 Å². The van der Waals surface area contributed by atoms with Crippen LogP contribution in [0.1, 0.15) is 33.7 Å². The number of carbonyl (C=O) groups is 4. The zero-order chi connectivity index (χ0) is 38.0. The summed E-state index contributed by atoms with van der Waals surface area (Å²) in [5.41, 5.74) is -0.535. The molecule has 0 heterocycles. The van der Waals surface area contributed by atoms with E-state index in [9.17, 15) is 70.2 Å². The summed E-state index contributed by atoms with van der Waals surface area (Å²) in [4.78, 5) is 52.4. The average molecular weight is 717 g/mol. The maximum atomic E-state index is 14.2. The Bertz CT molecular complexity index is 2120. The number of phenols is 8. The van der Waals surface area contributed by atoms with E-state index >= 15 is 0 Å². The highest BCUT2D eigenvalue weighted by molar-refractivity contribution is 6.03. The fourth-order valence-corrected chi connectivity index (χ4v) is 5.75. The third-order valence-corrected chi connectivity index (χ3v) is 8.30. The summed E-state index contributed by atoms with van der Waals surface area (Å²) < 4.78 is 10.6. The number of aliphatic carboxylic acids is 2. The summed E-state index contributed by atoms with van der Waals surface area (Å²) in [6.45, 7) is 0. The normalized spacial score (nSPS) is 16.1. The number of carbonyl (C=O) groups excluding carboxylic acids is 4. The zero-order valence-corrected chi connectivity index (χ0v) is 26.5. The quantitative estimate of drug-likeness (QED) is 0.0764. The molecule has 4 atom stereocenters. The van der Waals surface area contributed by atoms with E-state index in [4.69, 9.17) is 9.47 Å². The molecule has 0 radical (unpaired) electrons. The molecule has 0 unspecified atom stereocenters. The molecule has 0 saturated carbocycles.